The molecule has 2 aliphatic rings. The second-order valence-corrected chi connectivity index (χ2v) is 7.14. The van der Waals surface area contributed by atoms with E-state index in [1.54, 1.807) is 13.4 Å². The number of para-hydroxylation sites is 1. The molecule has 1 saturated heterocycles. The molecule has 1 unspecified atom stereocenters. The molecule has 3 aromatic rings. The van der Waals surface area contributed by atoms with E-state index >= 15 is 0 Å². The Morgan fingerprint density at radius 2 is 2.00 bits per heavy atom. The van der Waals surface area contributed by atoms with E-state index in [4.69, 9.17) is 13.9 Å². The van der Waals surface area contributed by atoms with E-state index in [-0.39, 0.29) is 11.7 Å². The molecule has 27 heavy (non-hydrogen) atoms. The molecule has 3 heterocycles. The van der Waals surface area contributed by atoms with E-state index < -0.39 is 0 Å². The highest BCUT2D eigenvalue weighted by atomic mass is 16.5. The lowest BCUT2D eigenvalue weighted by Crippen LogP contribution is -2.45. The maximum absolute atomic E-state index is 13.2. The number of benzene rings is 2. The largest absolute Gasteiger partial charge is 0.496 e. The number of methoxy groups -OCH3 is 1. The molecule has 1 fully saturated rings. The van der Waals surface area contributed by atoms with Gasteiger partial charge in [-0.25, -0.2) is 0 Å². The first kappa shape index (κ1) is 16.4. The summed E-state index contributed by atoms with van der Waals surface area (Å²) in [6.07, 6.45) is 5.12. The average molecular weight is 363 g/mol. The van der Waals surface area contributed by atoms with E-state index in [1.807, 2.05) is 36.4 Å². The standard InChI is InChI=1S/C22H21NO4/c1-25-18-7-3-2-6-14(18)17-13-26-22-15(21(17)24)9-10-19-16(22)12-23-11-5-4-8-20(23)27-19/h2-3,6-7,9-10,13,20H,4-5,8,11-12H2,1H3. The molecule has 138 valence electrons. The predicted octanol–water partition coefficient (Wildman–Crippen LogP) is 4.17. The van der Waals surface area contributed by atoms with Gasteiger partial charge in [0.1, 0.15) is 23.3 Å². The van der Waals surface area contributed by atoms with E-state index in [1.165, 1.54) is 12.8 Å². The number of fused-ring (bicyclic) bond motifs is 4. The number of ether oxygens (including phenoxy) is 2. The van der Waals surface area contributed by atoms with Crippen molar-refractivity contribution in [1.82, 2.24) is 4.90 Å². The van der Waals surface area contributed by atoms with Gasteiger partial charge < -0.3 is 13.9 Å². The van der Waals surface area contributed by atoms with Gasteiger partial charge >= 0.3 is 0 Å². The van der Waals surface area contributed by atoms with Crippen molar-refractivity contribution in [2.24, 2.45) is 0 Å². The molecule has 1 aromatic heterocycles. The summed E-state index contributed by atoms with van der Waals surface area (Å²) in [4.78, 5) is 15.5. The number of rotatable bonds is 2. The fourth-order valence-electron chi connectivity index (χ4n) is 4.18. The van der Waals surface area contributed by atoms with E-state index in [9.17, 15) is 4.79 Å². The number of nitrogens with zero attached hydrogens (tertiary/aromatic N) is 1. The molecule has 0 spiro atoms. The Hall–Kier alpha value is -2.79. The van der Waals surface area contributed by atoms with Crippen LogP contribution in [0.3, 0.4) is 0 Å². The van der Waals surface area contributed by atoms with Crippen LogP contribution in [0.5, 0.6) is 11.5 Å². The van der Waals surface area contributed by atoms with Gasteiger partial charge in [0.25, 0.3) is 0 Å². The van der Waals surface area contributed by atoms with Crippen LogP contribution in [0.4, 0.5) is 0 Å². The van der Waals surface area contributed by atoms with Gasteiger partial charge in [-0.05, 0) is 37.5 Å². The van der Waals surface area contributed by atoms with Crippen LogP contribution >= 0.6 is 0 Å². The predicted molar refractivity (Wildman–Crippen MR) is 103 cm³/mol. The maximum Gasteiger partial charge on any atom is 0.200 e. The first-order valence-electron chi connectivity index (χ1n) is 9.38. The summed E-state index contributed by atoms with van der Waals surface area (Å²) in [6, 6.07) is 11.2. The smallest absolute Gasteiger partial charge is 0.200 e. The minimum Gasteiger partial charge on any atom is -0.496 e. The summed E-state index contributed by atoms with van der Waals surface area (Å²) in [5, 5.41) is 0.580. The summed E-state index contributed by atoms with van der Waals surface area (Å²) < 4.78 is 17.6. The molecule has 0 aliphatic carbocycles. The Morgan fingerprint density at radius 1 is 1.11 bits per heavy atom. The lowest BCUT2D eigenvalue weighted by molar-refractivity contribution is -0.0265. The molecule has 0 radical (unpaired) electrons. The minimum absolute atomic E-state index is 0.0516. The molecule has 0 saturated carbocycles. The van der Waals surface area contributed by atoms with Crippen LogP contribution in [0.25, 0.3) is 22.1 Å². The van der Waals surface area contributed by atoms with Crippen LogP contribution in [-0.2, 0) is 6.54 Å². The SMILES string of the molecule is COc1ccccc1-c1coc2c3c(ccc2c1=O)OC1CCCCN1C3. The second kappa shape index (κ2) is 6.43. The van der Waals surface area contributed by atoms with Gasteiger partial charge in [0.05, 0.1) is 23.6 Å². The van der Waals surface area contributed by atoms with Crippen LogP contribution in [0.1, 0.15) is 24.8 Å². The lowest BCUT2D eigenvalue weighted by Gasteiger charge is -2.39. The summed E-state index contributed by atoms with van der Waals surface area (Å²) in [5.74, 6) is 1.49. The van der Waals surface area contributed by atoms with Crippen molar-refractivity contribution in [3.8, 4) is 22.6 Å². The number of piperidine rings is 1. The van der Waals surface area contributed by atoms with Crippen molar-refractivity contribution < 1.29 is 13.9 Å². The Labute approximate surface area is 157 Å². The zero-order chi connectivity index (χ0) is 18.4. The second-order valence-electron chi connectivity index (χ2n) is 7.14. The molecule has 0 amide bonds. The van der Waals surface area contributed by atoms with Crippen molar-refractivity contribution in [2.45, 2.75) is 32.0 Å². The Kier molecular flexibility index (Phi) is 3.90. The highest BCUT2D eigenvalue weighted by Crippen LogP contribution is 2.37. The summed E-state index contributed by atoms with van der Waals surface area (Å²) in [7, 11) is 1.60. The van der Waals surface area contributed by atoms with Crippen molar-refractivity contribution in [3.05, 3.63) is 58.4 Å². The van der Waals surface area contributed by atoms with Gasteiger partial charge in [-0.3, -0.25) is 9.69 Å². The Morgan fingerprint density at radius 3 is 2.89 bits per heavy atom. The van der Waals surface area contributed by atoms with E-state index in [0.717, 1.165) is 36.4 Å². The van der Waals surface area contributed by atoms with Gasteiger partial charge in [-0.2, -0.15) is 0 Å². The summed E-state index contributed by atoms with van der Waals surface area (Å²) >= 11 is 0. The van der Waals surface area contributed by atoms with Crippen LogP contribution in [-0.4, -0.2) is 24.8 Å². The van der Waals surface area contributed by atoms with Crippen LogP contribution in [0, 0.1) is 0 Å². The van der Waals surface area contributed by atoms with Gasteiger partial charge in [0.15, 0.2) is 6.23 Å². The molecule has 1 atom stereocenters. The van der Waals surface area contributed by atoms with E-state index in [2.05, 4.69) is 4.90 Å². The zero-order valence-electron chi connectivity index (χ0n) is 15.2. The van der Waals surface area contributed by atoms with Crippen LogP contribution in [0.2, 0.25) is 0 Å². The molecular formula is C22H21NO4. The maximum atomic E-state index is 13.2. The van der Waals surface area contributed by atoms with Crippen LogP contribution in [0.15, 0.2) is 51.9 Å². The normalized spacial score (nSPS) is 19.2. The van der Waals surface area contributed by atoms with Crippen LogP contribution < -0.4 is 14.9 Å². The molecule has 5 rings (SSSR count). The molecule has 0 bridgehead atoms. The van der Waals surface area contributed by atoms with Crippen molar-refractivity contribution in [2.75, 3.05) is 13.7 Å². The highest BCUT2D eigenvalue weighted by molar-refractivity contribution is 5.86. The average Bonchev–Trinajstić information content (AvgIpc) is 2.72. The monoisotopic (exact) mass is 363 g/mol. The van der Waals surface area contributed by atoms with Gasteiger partial charge in [0.2, 0.25) is 5.43 Å². The van der Waals surface area contributed by atoms with Gasteiger partial charge in [-0.15, -0.1) is 0 Å². The fourth-order valence-corrected chi connectivity index (χ4v) is 4.18. The van der Waals surface area contributed by atoms with Crippen molar-refractivity contribution in [1.29, 1.82) is 0 Å². The van der Waals surface area contributed by atoms with Gasteiger partial charge in [0, 0.05) is 18.7 Å². The lowest BCUT2D eigenvalue weighted by atomic mass is 10.0. The first-order chi connectivity index (χ1) is 13.3. The van der Waals surface area contributed by atoms with Crippen molar-refractivity contribution >= 4 is 11.0 Å². The summed E-state index contributed by atoms with van der Waals surface area (Å²) in [6.45, 7) is 1.78. The molecule has 5 nitrogen and oxygen atoms in total. The third-order valence-corrected chi connectivity index (χ3v) is 5.58. The molecule has 0 N–H and O–H groups in total. The third kappa shape index (κ3) is 2.61. The Bertz CT molecular complexity index is 1070. The molecular weight excluding hydrogens is 342 g/mol. The topological polar surface area (TPSA) is 51.9 Å². The van der Waals surface area contributed by atoms with Crippen molar-refractivity contribution in [3.63, 3.8) is 0 Å². The Balaban J connectivity index is 1.66. The summed E-state index contributed by atoms with van der Waals surface area (Å²) in [5.41, 5.74) is 2.78. The highest BCUT2D eigenvalue weighted by Gasteiger charge is 2.31. The quantitative estimate of drug-likeness (QED) is 0.684. The number of hydrogen-bond donors (Lipinski definition) is 0. The minimum atomic E-state index is -0.0516. The first-order valence-corrected chi connectivity index (χ1v) is 9.38. The fraction of sp³-hybridized carbons (Fsp3) is 0.318. The van der Waals surface area contributed by atoms with E-state index in [0.29, 0.717) is 22.3 Å². The van der Waals surface area contributed by atoms with Gasteiger partial charge in [-0.1, -0.05) is 18.2 Å². The molecule has 2 aromatic carbocycles. The third-order valence-electron chi connectivity index (χ3n) is 5.58. The number of hydrogen-bond acceptors (Lipinski definition) is 5. The molecule has 2 aliphatic heterocycles. The zero-order valence-corrected chi connectivity index (χ0v) is 15.2. The molecule has 5 heteroatoms.